The Hall–Kier alpha value is -1.55. The van der Waals surface area contributed by atoms with Gasteiger partial charge >= 0.3 is 0 Å². The lowest BCUT2D eigenvalue weighted by atomic mass is 10.1. The fourth-order valence-corrected chi connectivity index (χ4v) is 2.71. The van der Waals surface area contributed by atoms with Crippen LogP contribution in [0, 0.1) is 27.7 Å². The molecule has 0 unspecified atom stereocenters. The minimum absolute atomic E-state index is 0.684. The normalized spacial score (nSPS) is 10.6. The molecule has 2 rings (SSSR count). The summed E-state index contributed by atoms with van der Waals surface area (Å²) in [5.41, 5.74) is 6.72. The Morgan fingerprint density at radius 3 is 2.29 bits per heavy atom. The van der Waals surface area contributed by atoms with Crippen LogP contribution < -0.4 is 10.1 Å². The summed E-state index contributed by atoms with van der Waals surface area (Å²) in [4.78, 5) is 4.51. The molecule has 1 heterocycles. The number of aryl methyl sites for hydroxylation is 3. The van der Waals surface area contributed by atoms with Gasteiger partial charge in [0.2, 0.25) is 0 Å². The van der Waals surface area contributed by atoms with E-state index < -0.39 is 0 Å². The highest BCUT2D eigenvalue weighted by atomic mass is 79.9. The van der Waals surface area contributed by atoms with Crippen molar-refractivity contribution in [3.8, 4) is 5.75 Å². The van der Waals surface area contributed by atoms with Gasteiger partial charge in [0, 0.05) is 27.5 Å². The Kier molecular flexibility index (Phi) is 4.88. The van der Waals surface area contributed by atoms with Gasteiger partial charge in [-0.15, -0.1) is 0 Å². The molecule has 0 aliphatic carbocycles. The molecule has 4 heteroatoms. The molecule has 1 aromatic heterocycles. The van der Waals surface area contributed by atoms with Crippen LogP contribution in [0.5, 0.6) is 5.75 Å². The Bertz CT molecular complexity index is 645. The Morgan fingerprint density at radius 1 is 1.10 bits per heavy atom. The first-order valence-electron chi connectivity index (χ1n) is 6.93. The molecule has 0 amide bonds. The van der Waals surface area contributed by atoms with Crippen LogP contribution in [0.4, 0.5) is 5.69 Å². The largest absolute Gasteiger partial charge is 0.496 e. The highest BCUT2D eigenvalue weighted by Crippen LogP contribution is 2.27. The van der Waals surface area contributed by atoms with E-state index in [9.17, 15) is 0 Å². The third kappa shape index (κ3) is 3.38. The molecule has 0 fully saturated rings. The van der Waals surface area contributed by atoms with Gasteiger partial charge in [-0.1, -0.05) is 15.9 Å². The van der Waals surface area contributed by atoms with Crippen LogP contribution in [-0.2, 0) is 6.54 Å². The van der Waals surface area contributed by atoms with Crippen LogP contribution >= 0.6 is 15.9 Å². The molecular weight excluding hydrogens is 328 g/mol. The smallest absolute Gasteiger partial charge is 0.128 e. The van der Waals surface area contributed by atoms with Gasteiger partial charge in [0.25, 0.3) is 0 Å². The van der Waals surface area contributed by atoms with Crippen molar-refractivity contribution in [1.29, 1.82) is 0 Å². The minimum atomic E-state index is 0.684. The van der Waals surface area contributed by atoms with Gasteiger partial charge < -0.3 is 10.1 Å². The zero-order valence-corrected chi connectivity index (χ0v) is 14.8. The van der Waals surface area contributed by atoms with E-state index in [4.69, 9.17) is 4.74 Å². The fourth-order valence-electron chi connectivity index (χ4n) is 2.48. The van der Waals surface area contributed by atoms with Crippen molar-refractivity contribution >= 4 is 21.6 Å². The van der Waals surface area contributed by atoms with Crippen LogP contribution in [0.3, 0.4) is 0 Å². The minimum Gasteiger partial charge on any atom is -0.496 e. The third-order valence-corrected chi connectivity index (χ3v) is 4.90. The molecule has 21 heavy (non-hydrogen) atoms. The maximum Gasteiger partial charge on any atom is 0.128 e. The summed E-state index contributed by atoms with van der Waals surface area (Å²) in [6.45, 7) is 8.94. The molecule has 2 aromatic rings. The number of halogens is 1. The first kappa shape index (κ1) is 15.8. The maximum atomic E-state index is 5.45. The Morgan fingerprint density at radius 2 is 1.71 bits per heavy atom. The predicted molar refractivity (Wildman–Crippen MR) is 91.2 cm³/mol. The van der Waals surface area contributed by atoms with E-state index in [-0.39, 0.29) is 0 Å². The monoisotopic (exact) mass is 348 g/mol. The van der Waals surface area contributed by atoms with Crippen LogP contribution in [0.1, 0.15) is 27.9 Å². The quantitative estimate of drug-likeness (QED) is 0.869. The number of hydrogen-bond acceptors (Lipinski definition) is 3. The van der Waals surface area contributed by atoms with E-state index in [1.807, 2.05) is 20.0 Å². The van der Waals surface area contributed by atoms with Crippen molar-refractivity contribution in [2.45, 2.75) is 34.2 Å². The lowest BCUT2D eigenvalue weighted by molar-refractivity contribution is 0.407. The van der Waals surface area contributed by atoms with Gasteiger partial charge in [-0.3, -0.25) is 4.98 Å². The summed E-state index contributed by atoms with van der Waals surface area (Å²) in [5.74, 6) is 0.921. The van der Waals surface area contributed by atoms with Crippen LogP contribution in [0.25, 0.3) is 0 Å². The zero-order chi connectivity index (χ0) is 15.6. The molecule has 0 aliphatic heterocycles. The van der Waals surface area contributed by atoms with E-state index in [0.717, 1.165) is 28.3 Å². The van der Waals surface area contributed by atoms with Crippen LogP contribution in [0.2, 0.25) is 0 Å². The number of methoxy groups -OCH3 is 1. The molecule has 0 radical (unpaired) electrons. The number of pyridine rings is 1. The molecule has 1 N–H and O–H groups in total. The lowest BCUT2D eigenvalue weighted by Gasteiger charge is -2.14. The van der Waals surface area contributed by atoms with Crippen molar-refractivity contribution in [1.82, 2.24) is 4.98 Å². The number of nitrogens with zero attached hydrogens (tertiary/aromatic N) is 1. The summed E-state index contributed by atoms with van der Waals surface area (Å²) < 4.78 is 6.61. The third-order valence-electron chi connectivity index (χ3n) is 3.65. The summed E-state index contributed by atoms with van der Waals surface area (Å²) in [5, 5.41) is 3.44. The zero-order valence-electron chi connectivity index (χ0n) is 13.2. The SMILES string of the molecule is COc1c(C)cnc(CNc2cc(C)c(Br)c(C)c2)c1C. The van der Waals surface area contributed by atoms with E-state index in [2.05, 4.69) is 52.2 Å². The van der Waals surface area contributed by atoms with Crippen molar-refractivity contribution in [3.05, 3.63) is 50.8 Å². The van der Waals surface area contributed by atoms with Crippen molar-refractivity contribution < 1.29 is 4.74 Å². The average Bonchev–Trinajstić information content (AvgIpc) is 2.44. The topological polar surface area (TPSA) is 34.1 Å². The molecule has 0 aliphatic rings. The summed E-state index contributed by atoms with van der Waals surface area (Å²) in [7, 11) is 1.70. The molecule has 112 valence electrons. The van der Waals surface area contributed by atoms with E-state index in [0.29, 0.717) is 6.54 Å². The van der Waals surface area contributed by atoms with E-state index in [1.165, 1.54) is 15.6 Å². The second kappa shape index (κ2) is 6.48. The van der Waals surface area contributed by atoms with Crippen LogP contribution in [-0.4, -0.2) is 12.1 Å². The van der Waals surface area contributed by atoms with Crippen molar-refractivity contribution in [2.24, 2.45) is 0 Å². The van der Waals surface area contributed by atoms with Gasteiger partial charge in [-0.25, -0.2) is 0 Å². The number of anilines is 1. The average molecular weight is 349 g/mol. The standard InChI is InChI=1S/C17H21BrN2O/c1-10-6-14(7-11(2)16(10)18)19-9-15-13(4)17(21-5)12(3)8-20-15/h6-8,19H,9H2,1-5H3. The summed E-state index contributed by atoms with van der Waals surface area (Å²) >= 11 is 3.59. The number of aromatic nitrogens is 1. The summed E-state index contributed by atoms with van der Waals surface area (Å²) in [6, 6.07) is 4.27. The second-order valence-electron chi connectivity index (χ2n) is 5.32. The predicted octanol–water partition coefficient (Wildman–Crippen LogP) is 4.70. The van der Waals surface area contributed by atoms with E-state index >= 15 is 0 Å². The molecule has 0 bridgehead atoms. The number of nitrogens with one attached hydrogen (secondary N) is 1. The molecule has 0 atom stereocenters. The first-order valence-corrected chi connectivity index (χ1v) is 7.73. The van der Waals surface area contributed by atoms with Crippen LogP contribution in [0.15, 0.2) is 22.8 Å². The van der Waals surface area contributed by atoms with Crippen molar-refractivity contribution in [3.63, 3.8) is 0 Å². The second-order valence-corrected chi connectivity index (χ2v) is 6.12. The number of hydrogen-bond donors (Lipinski definition) is 1. The maximum absolute atomic E-state index is 5.45. The van der Waals surface area contributed by atoms with Gasteiger partial charge in [-0.2, -0.15) is 0 Å². The number of ether oxygens (including phenoxy) is 1. The molecule has 0 saturated heterocycles. The molecule has 0 spiro atoms. The highest BCUT2D eigenvalue weighted by Gasteiger charge is 2.09. The van der Waals surface area contributed by atoms with E-state index in [1.54, 1.807) is 7.11 Å². The number of rotatable bonds is 4. The lowest BCUT2D eigenvalue weighted by Crippen LogP contribution is -2.06. The fraction of sp³-hybridized carbons (Fsp3) is 0.353. The Balaban J connectivity index is 2.21. The molecule has 3 nitrogen and oxygen atoms in total. The molecule has 0 saturated carbocycles. The number of benzene rings is 1. The van der Waals surface area contributed by atoms with Crippen molar-refractivity contribution in [2.75, 3.05) is 12.4 Å². The molecule has 1 aromatic carbocycles. The highest BCUT2D eigenvalue weighted by molar-refractivity contribution is 9.10. The first-order chi connectivity index (χ1) is 9.93. The Labute approximate surface area is 134 Å². The van der Waals surface area contributed by atoms with Gasteiger partial charge in [0.15, 0.2) is 0 Å². The summed E-state index contributed by atoms with van der Waals surface area (Å²) in [6.07, 6.45) is 1.86. The van der Waals surface area contributed by atoms with Gasteiger partial charge in [-0.05, 0) is 51.0 Å². The molecular formula is C17H21BrN2O. The van der Waals surface area contributed by atoms with Gasteiger partial charge in [0.05, 0.1) is 19.3 Å². The van der Waals surface area contributed by atoms with Gasteiger partial charge in [0.1, 0.15) is 5.75 Å².